The van der Waals surface area contributed by atoms with Gasteiger partial charge in [-0.25, -0.2) is 4.39 Å². The number of hydrogen-bond donors (Lipinski definition) is 1. The second-order valence-corrected chi connectivity index (χ2v) is 7.31. The third-order valence-electron chi connectivity index (χ3n) is 5.77. The lowest BCUT2D eigenvalue weighted by molar-refractivity contribution is -0.146. The Balaban J connectivity index is 1.47. The summed E-state index contributed by atoms with van der Waals surface area (Å²) in [5.41, 5.74) is 0.163. The van der Waals surface area contributed by atoms with Gasteiger partial charge in [0.05, 0.1) is 12.2 Å². The van der Waals surface area contributed by atoms with Crippen molar-refractivity contribution in [2.75, 3.05) is 0 Å². The second-order valence-electron chi connectivity index (χ2n) is 7.31. The lowest BCUT2D eigenvalue weighted by Gasteiger charge is -2.55. The number of carbonyl (C=O) groups is 1. The van der Waals surface area contributed by atoms with E-state index in [4.69, 9.17) is 0 Å². The first kappa shape index (κ1) is 13.2. The van der Waals surface area contributed by atoms with E-state index in [9.17, 15) is 9.18 Å². The number of amides is 1. The van der Waals surface area contributed by atoms with E-state index in [1.807, 2.05) is 0 Å². The molecule has 4 fully saturated rings. The van der Waals surface area contributed by atoms with Crippen LogP contribution in [-0.4, -0.2) is 10.9 Å². The minimum Gasteiger partial charge on any atom is -0.350 e. The Morgan fingerprint density at radius 3 is 2.43 bits per heavy atom. The van der Waals surface area contributed by atoms with Gasteiger partial charge in [-0.3, -0.25) is 9.78 Å². The summed E-state index contributed by atoms with van der Waals surface area (Å²) in [7, 11) is 0. The van der Waals surface area contributed by atoms with Crippen molar-refractivity contribution in [1.29, 1.82) is 0 Å². The summed E-state index contributed by atoms with van der Waals surface area (Å²) in [5, 5.41) is 2.96. The van der Waals surface area contributed by atoms with Crippen molar-refractivity contribution in [2.24, 2.45) is 23.2 Å². The third-order valence-corrected chi connectivity index (χ3v) is 5.77. The fourth-order valence-electron chi connectivity index (χ4n) is 5.29. The average molecular weight is 288 g/mol. The van der Waals surface area contributed by atoms with Gasteiger partial charge in [0, 0.05) is 11.6 Å². The summed E-state index contributed by atoms with van der Waals surface area (Å²) < 4.78 is 13.6. The number of carbonyl (C=O) groups excluding carboxylic acids is 1. The smallest absolute Gasteiger partial charge is 0.226 e. The summed E-state index contributed by atoms with van der Waals surface area (Å²) in [5.74, 6) is 2.02. The summed E-state index contributed by atoms with van der Waals surface area (Å²) in [6.45, 7) is 0.202. The van der Waals surface area contributed by atoms with Crippen LogP contribution in [0.1, 0.15) is 44.2 Å². The van der Waals surface area contributed by atoms with Gasteiger partial charge < -0.3 is 5.32 Å². The Hall–Kier alpha value is -1.45. The Bertz CT molecular complexity index is 536. The molecule has 5 rings (SSSR count). The van der Waals surface area contributed by atoms with Crippen molar-refractivity contribution >= 4 is 5.91 Å². The first-order chi connectivity index (χ1) is 10.1. The maximum Gasteiger partial charge on any atom is 0.226 e. The predicted molar refractivity (Wildman–Crippen MR) is 76.6 cm³/mol. The highest BCUT2D eigenvalue weighted by atomic mass is 19.1. The van der Waals surface area contributed by atoms with E-state index in [1.54, 1.807) is 12.3 Å². The molecule has 1 aromatic heterocycles. The number of nitrogens with zero attached hydrogens (tertiary/aromatic N) is 1. The molecule has 0 aromatic carbocycles. The van der Waals surface area contributed by atoms with Gasteiger partial charge in [-0.1, -0.05) is 0 Å². The van der Waals surface area contributed by atoms with E-state index in [1.165, 1.54) is 25.3 Å². The Morgan fingerprint density at radius 2 is 1.86 bits per heavy atom. The molecular weight excluding hydrogens is 267 g/mol. The van der Waals surface area contributed by atoms with E-state index in [-0.39, 0.29) is 23.7 Å². The van der Waals surface area contributed by atoms with Gasteiger partial charge in [-0.05, 0) is 68.4 Å². The normalized spacial score (nSPS) is 36.7. The molecule has 0 atom stereocenters. The molecular formula is C17H21FN2O. The first-order valence-electron chi connectivity index (χ1n) is 8.02. The van der Waals surface area contributed by atoms with E-state index >= 15 is 0 Å². The van der Waals surface area contributed by atoms with Gasteiger partial charge in [0.2, 0.25) is 5.91 Å². The summed E-state index contributed by atoms with van der Waals surface area (Å²) in [6.07, 6.45) is 8.64. The third kappa shape index (κ3) is 2.25. The number of rotatable bonds is 3. The monoisotopic (exact) mass is 288 g/mol. The van der Waals surface area contributed by atoms with Crippen LogP contribution >= 0.6 is 0 Å². The van der Waals surface area contributed by atoms with Gasteiger partial charge >= 0.3 is 0 Å². The summed E-state index contributed by atoms with van der Waals surface area (Å²) >= 11 is 0. The van der Waals surface area contributed by atoms with Gasteiger partial charge in [-0.2, -0.15) is 0 Å². The quantitative estimate of drug-likeness (QED) is 0.929. The molecule has 1 amide bonds. The molecule has 1 aromatic rings. The maximum atomic E-state index is 13.6. The number of pyridine rings is 1. The molecule has 1 N–H and O–H groups in total. The van der Waals surface area contributed by atoms with Crippen molar-refractivity contribution in [3.63, 3.8) is 0 Å². The second kappa shape index (κ2) is 4.79. The molecule has 0 unspecified atom stereocenters. The largest absolute Gasteiger partial charge is 0.350 e. The molecule has 4 aliphatic carbocycles. The van der Waals surface area contributed by atoms with Crippen LogP contribution in [0.25, 0.3) is 0 Å². The van der Waals surface area contributed by atoms with Crippen molar-refractivity contribution in [3.05, 3.63) is 29.8 Å². The van der Waals surface area contributed by atoms with Crippen molar-refractivity contribution in [3.8, 4) is 0 Å². The van der Waals surface area contributed by atoms with Gasteiger partial charge in [0.15, 0.2) is 0 Å². The first-order valence-corrected chi connectivity index (χ1v) is 8.02. The van der Waals surface area contributed by atoms with Crippen LogP contribution < -0.4 is 5.32 Å². The van der Waals surface area contributed by atoms with Crippen LogP contribution in [0.2, 0.25) is 0 Å². The minimum atomic E-state index is -0.344. The summed E-state index contributed by atoms with van der Waals surface area (Å²) in [4.78, 5) is 16.7. The molecule has 0 aliphatic heterocycles. The van der Waals surface area contributed by atoms with Gasteiger partial charge in [0.25, 0.3) is 0 Å². The Morgan fingerprint density at radius 1 is 1.24 bits per heavy atom. The molecule has 4 bridgehead atoms. The van der Waals surface area contributed by atoms with Crippen LogP contribution in [0.3, 0.4) is 0 Å². The van der Waals surface area contributed by atoms with Crippen molar-refractivity contribution in [2.45, 2.75) is 45.1 Å². The minimum absolute atomic E-state index is 0.131. The molecule has 4 saturated carbocycles. The fourth-order valence-corrected chi connectivity index (χ4v) is 5.29. The molecule has 3 nitrogen and oxygen atoms in total. The molecule has 1 heterocycles. The van der Waals surface area contributed by atoms with E-state index in [2.05, 4.69) is 10.3 Å². The van der Waals surface area contributed by atoms with Crippen LogP contribution in [-0.2, 0) is 11.3 Å². The van der Waals surface area contributed by atoms with Crippen molar-refractivity contribution < 1.29 is 9.18 Å². The number of halogens is 1. The lowest BCUT2D eigenvalue weighted by atomic mass is 9.49. The van der Waals surface area contributed by atoms with Crippen LogP contribution in [0, 0.1) is 29.0 Å². The van der Waals surface area contributed by atoms with E-state index < -0.39 is 0 Å². The zero-order chi connectivity index (χ0) is 14.4. The standard InChI is InChI=1S/C17H21FN2O/c18-14-2-1-3-19-15(14)10-20-16(21)17-7-11-4-12(8-17)6-13(5-11)9-17/h1-3,11-13H,4-10H2,(H,20,21). The Kier molecular flexibility index (Phi) is 3.02. The lowest BCUT2D eigenvalue weighted by Crippen LogP contribution is -2.53. The van der Waals surface area contributed by atoms with Crippen molar-refractivity contribution in [1.82, 2.24) is 10.3 Å². The fraction of sp³-hybridized carbons (Fsp3) is 0.647. The number of aromatic nitrogens is 1. The number of hydrogen-bond acceptors (Lipinski definition) is 2. The average Bonchev–Trinajstić information content (AvgIpc) is 2.44. The molecule has 112 valence electrons. The molecule has 21 heavy (non-hydrogen) atoms. The molecule has 4 heteroatoms. The highest BCUT2D eigenvalue weighted by Gasteiger charge is 2.54. The van der Waals surface area contributed by atoms with E-state index in [0.29, 0.717) is 5.69 Å². The highest BCUT2D eigenvalue weighted by Crippen LogP contribution is 2.60. The topological polar surface area (TPSA) is 42.0 Å². The maximum absolute atomic E-state index is 13.6. The van der Waals surface area contributed by atoms with Gasteiger partial charge in [0.1, 0.15) is 5.82 Å². The Labute approximate surface area is 124 Å². The SMILES string of the molecule is O=C(NCc1ncccc1F)C12CC3CC(CC(C3)C1)C2. The zero-order valence-electron chi connectivity index (χ0n) is 12.1. The van der Waals surface area contributed by atoms with E-state index in [0.717, 1.165) is 37.0 Å². The van der Waals surface area contributed by atoms with Crippen LogP contribution in [0.4, 0.5) is 4.39 Å². The molecule has 0 saturated heterocycles. The van der Waals surface area contributed by atoms with Crippen LogP contribution in [0.15, 0.2) is 18.3 Å². The van der Waals surface area contributed by atoms with Crippen LogP contribution in [0.5, 0.6) is 0 Å². The highest BCUT2D eigenvalue weighted by molar-refractivity contribution is 5.83. The zero-order valence-corrected chi connectivity index (χ0v) is 12.1. The molecule has 0 spiro atoms. The molecule has 0 radical (unpaired) electrons. The number of nitrogens with one attached hydrogen (secondary N) is 1. The molecule has 4 aliphatic rings. The van der Waals surface area contributed by atoms with Gasteiger partial charge in [-0.15, -0.1) is 0 Å². The summed E-state index contributed by atoms with van der Waals surface area (Å²) in [6, 6.07) is 2.96. The predicted octanol–water partition coefficient (Wildman–Crippen LogP) is 3.05.